The molecule has 2 heterocycles. The Hall–Kier alpha value is -2.99. The molecule has 0 radical (unpaired) electrons. The number of fused-ring (bicyclic) bond motifs is 1. The third kappa shape index (κ3) is 2.47. The number of anilines is 1. The Labute approximate surface area is 142 Å². The summed E-state index contributed by atoms with van der Waals surface area (Å²) in [6, 6.07) is 11.8. The molecule has 4 rings (SSSR count). The lowest BCUT2D eigenvalue weighted by atomic mass is 10.1. The van der Waals surface area contributed by atoms with Crippen LogP contribution in [0.1, 0.15) is 5.56 Å². The van der Waals surface area contributed by atoms with Gasteiger partial charge < -0.3 is 9.47 Å². The molecule has 1 N–H and O–H groups in total. The zero-order valence-electron chi connectivity index (χ0n) is 12.3. The van der Waals surface area contributed by atoms with Crippen LogP contribution >= 0.6 is 11.6 Å². The van der Waals surface area contributed by atoms with E-state index in [2.05, 4.69) is 5.43 Å². The molecule has 2 aromatic rings. The molecule has 120 valence electrons. The highest BCUT2D eigenvalue weighted by Crippen LogP contribution is 2.33. The molecule has 24 heavy (non-hydrogen) atoms. The maximum Gasteiger partial charge on any atom is 0.282 e. The molecule has 0 atom stereocenters. The first-order valence-corrected chi connectivity index (χ1v) is 7.52. The number of halogens is 1. The van der Waals surface area contributed by atoms with E-state index in [1.807, 2.05) is 0 Å². The van der Waals surface area contributed by atoms with Crippen LogP contribution in [-0.4, -0.2) is 18.6 Å². The van der Waals surface area contributed by atoms with Gasteiger partial charge >= 0.3 is 0 Å². The third-order valence-corrected chi connectivity index (χ3v) is 3.94. The first-order chi connectivity index (χ1) is 11.6. The number of carbonyl (C=O) groups excluding carboxylic acids is 2. The van der Waals surface area contributed by atoms with Gasteiger partial charge in [-0.3, -0.25) is 15.0 Å². The summed E-state index contributed by atoms with van der Waals surface area (Å²) < 4.78 is 10.5. The van der Waals surface area contributed by atoms with Crippen LogP contribution in [0.4, 0.5) is 5.69 Å². The largest absolute Gasteiger partial charge is 0.454 e. The van der Waals surface area contributed by atoms with Crippen molar-refractivity contribution in [1.82, 2.24) is 5.43 Å². The molecule has 2 aliphatic heterocycles. The summed E-state index contributed by atoms with van der Waals surface area (Å²) in [6.07, 6.45) is 1.52. The van der Waals surface area contributed by atoms with Gasteiger partial charge in [0.1, 0.15) is 5.57 Å². The van der Waals surface area contributed by atoms with Crippen molar-refractivity contribution in [3.05, 3.63) is 58.6 Å². The molecule has 2 amide bonds. The van der Waals surface area contributed by atoms with Crippen molar-refractivity contribution >= 4 is 35.2 Å². The molecule has 0 unspecified atom stereocenters. The van der Waals surface area contributed by atoms with E-state index in [9.17, 15) is 9.59 Å². The van der Waals surface area contributed by atoms with E-state index in [1.165, 1.54) is 11.1 Å². The number of nitrogens with one attached hydrogen (secondary N) is 1. The Morgan fingerprint density at radius 2 is 1.79 bits per heavy atom. The molecular weight excluding hydrogens is 332 g/mol. The average molecular weight is 343 g/mol. The Balaban J connectivity index is 1.65. The van der Waals surface area contributed by atoms with E-state index >= 15 is 0 Å². The van der Waals surface area contributed by atoms with Gasteiger partial charge in [0.05, 0.1) is 5.69 Å². The highest BCUT2D eigenvalue weighted by atomic mass is 35.5. The van der Waals surface area contributed by atoms with Gasteiger partial charge in [0.15, 0.2) is 11.5 Å². The summed E-state index contributed by atoms with van der Waals surface area (Å²) in [5.74, 6) is 0.333. The SMILES string of the molecule is O=C1NN(c2ccc(Cl)cc2)C(=O)/C1=C/c1ccc2c(c1)OCO2. The smallest absolute Gasteiger partial charge is 0.282 e. The number of hydrogen-bond donors (Lipinski definition) is 1. The number of carbonyl (C=O) groups is 2. The lowest BCUT2D eigenvalue weighted by Gasteiger charge is -2.14. The van der Waals surface area contributed by atoms with Gasteiger partial charge in [0.2, 0.25) is 6.79 Å². The Morgan fingerprint density at radius 3 is 2.58 bits per heavy atom. The zero-order valence-corrected chi connectivity index (χ0v) is 13.0. The van der Waals surface area contributed by atoms with Gasteiger partial charge in [0.25, 0.3) is 11.8 Å². The van der Waals surface area contributed by atoms with Crippen molar-refractivity contribution in [3.8, 4) is 11.5 Å². The van der Waals surface area contributed by atoms with Gasteiger partial charge in [-0.2, -0.15) is 0 Å². The monoisotopic (exact) mass is 342 g/mol. The van der Waals surface area contributed by atoms with Crippen LogP contribution in [0.5, 0.6) is 11.5 Å². The average Bonchev–Trinajstić information content (AvgIpc) is 3.15. The zero-order chi connectivity index (χ0) is 16.7. The Bertz CT molecular complexity index is 877. The van der Waals surface area contributed by atoms with Gasteiger partial charge in [-0.05, 0) is 48.0 Å². The highest BCUT2D eigenvalue weighted by molar-refractivity contribution is 6.32. The maximum atomic E-state index is 12.5. The fourth-order valence-electron chi connectivity index (χ4n) is 2.50. The predicted octanol–water partition coefficient (Wildman–Crippen LogP) is 2.53. The van der Waals surface area contributed by atoms with Crippen LogP contribution in [0.2, 0.25) is 5.02 Å². The second-order valence-electron chi connectivity index (χ2n) is 5.23. The molecule has 0 bridgehead atoms. The predicted molar refractivity (Wildman–Crippen MR) is 87.6 cm³/mol. The van der Waals surface area contributed by atoms with E-state index in [0.29, 0.717) is 27.8 Å². The molecule has 0 aromatic heterocycles. The first kappa shape index (κ1) is 14.6. The molecule has 1 saturated heterocycles. The van der Waals surface area contributed by atoms with Crippen molar-refractivity contribution < 1.29 is 19.1 Å². The fraction of sp³-hybridized carbons (Fsp3) is 0.0588. The van der Waals surface area contributed by atoms with E-state index in [1.54, 1.807) is 42.5 Å². The molecule has 6 nitrogen and oxygen atoms in total. The summed E-state index contributed by atoms with van der Waals surface area (Å²) in [6.45, 7) is 0.166. The number of rotatable bonds is 2. The van der Waals surface area contributed by atoms with Gasteiger partial charge in [-0.25, -0.2) is 5.01 Å². The lowest BCUT2D eigenvalue weighted by Crippen LogP contribution is -2.35. The fourth-order valence-corrected chi connectivity index (χ4v) is 2.62. The normalized spacial score (nSPS) is 17.5. The van der Waals surface area contributed by atoms with Crippen LogP contribution in [0.25, 0.3) is 6.08 Å². The number of benzene rings is 2. The van der Waals surface area contributed by atoms with E-state index in [0.717, 1.165) is 0 Å². The maximum absolute atomic E-state index is 12.5. The summed E-state index contributed by atoms with van der Waals surface area (Å²) >= 11 is 5.84. The van der Waals surface area contributed by atoms with Gasteiger partial charge in [0, 0.05) is 5.02 Å². The number of nitrogens with zero attached hydrogens (tertiary/aromatic N) is 1. The summed E-state index contributed by atoms with van der Waals surface area (Å²) in [4.78, 5) is 24.7. The second-order valence-corrected chi connectivity index (χ2v) is 5.67. The van der Waals surface area contributed by atoms with Crippen molar-refractivity contribution in [1.29, 1.82) is 0 Å². The van der Waals surface area contributed by atoms with Gasteiger partial charge in [-0.1, -0.05) is 17.7 Å². The Kier molecular flexibility index (Phi) is 3.39. The summed E-state index contributed by atoms with van der Waals surface area (Å²) in [5.41, 5.74) is 3.80. The van der Waals surface area contributed by atoms with Crippen LogP contribution < -0.4 is 19.9 Å². The molecule has 0 aliphatic carbocycles. The number of ether oxygens (including phenoxy) is 2. The standard InChI is InChI=1S/C17H11ClN2O4/c18-11-2-4-12(5-3-11)20-17(22)13(16(21)19-20)7-10-1-6-14-15(8-10)24-9-23-14/h1-8H,9H2,(H,19,21)/b13-7+. The van der Waals surface area contributed by atoms with Crippen molar-refractivity contribution in [2.75, 3.05) is 11.8 Å². The van der Waals surface area contributed by atoms with Crippen LogP contribution in [0, 0.1) is 0 Å². The van der Waals surface area contributed by atoms with Crippen LogP contribution in [0.15, 0.2) is 48.0 Å². The topological polar surface area (TPSA) is 67.9 Å². The molecule has 1 fully saturated rings. The summed E-state index contributed by atoms with van der Waals surface area (Å²) in [7, 11) is 0. The molecule has 7 heteroatoms. The molecule has 0 spiro atoms. The minimum Gasteiger partial charge on any atom is -0.454 e. The van der Waals surface area contributed by atoms with Crippen molar-refractivity contribution in [2.24, 2.45) is 0 Å². The minimum absolute atomic E-state index is 0.0452. The van der Waals surface area contributed by atoms with Gasteiger partial charge in [-0.15, -0.1) is 0 Å². The summed E-state index contributed by atoms with van der Waals surface area (Å²) in [5, 5.41) is 1.74. The highest BCUT2D eigenvalue weighted by Gasteiger charge is 2.34. The van der Waals surface area contributed by atoms with E-state index < -0.39 is 11.8 Å². The second kappa shape index (κ2) is 5.58. The number of amides is 2. The van der Waals surface area contributed by atoms with Crippen LogP contribution in [-0.2, 0) is 9.59 Å². The van der Waals surface area contributed by atoms with Crippen LogP contribution in [0.3, 0.4) is 0 Å². The molecule has 0 saturated carbocycles. The lowest BCUT2D eigenvalue weighted by molar-refractivity contribution is -0.117. The number of hydrogen-bond acceptors (Lipinski definition) is 4. The molecule has 2 aromatic carbocycles. The number of hydrazine groups is 1. The van der Waals surface area contributed by atoms with Crippen molar-refractivity contribution in [2.45, 2.75) is 0 Å². The Morgan fingerprint density at radius 1 is 1.04 bits per heavy atom. The molecular formula is C17H11ClN2O4. The first-order valence-electron chi connectivity index (χ1n) is 7.14. The molecule has 2 aliphatic rings. The third-order valence-electron chi connectivity index (χ3n) is 3.68. The van der Waals surface area contributed by atoms with Crippen molar-refractivity contribution in [3.63, 3.8) is 0 Å². The van der Waals surface area contributed by atoms with E-state index in [4.69, 9.17) is 21.1 Å². The quantitative estimate of drug-likeness (QED) is 0.672. The van der Waals surface area contributed by atoms with E-state index in [-0.39, 0.29) is 12.4 Å². The minimum atomic E-state index is -0.465.